The molecule has 0 fully saturated rings. The van der Waals surface area contributed by atoms with Crippen molar-refractivity contribution >= 4 is 24.2 Å². The van der Waals surface area contributed by atoms with Crippen LogP contribution in [0.5, 0.6) is 0 Å². The minimum atomic E-state index is -1.27. The van der Waals surface area contributed by atoms with Crippen LogP contribution in [0.2, 0.25) is 58.9 Å². The first-order chi connectivity index (χ1) is 19.7. The van der Waals surface area contributed by atoms with E-state index in [0.717, 1.165) is 17.0 Å². The van der Waals surface area contributed by atoms with Crippen LogP contribution in [0, 0.1) is 34.4 Å². The first kappa shape index (κ1) is 43.2. The monoisotopic (exact) mass is 616 g/mol. The van der Waals surface area contributed by atoms with E-state index in [1.807, 2.05) is 71.9 Å². The first-order valence-electron chi connectivity index (χ1n) is 14.9. The molecule has 0 atom stereocenters. The lowest BCUT2D eigenvalue weighted by atomic mass is 10.3. The third kappa shape index (κ3) is 31.2. The van der Waals surface area contributed by atoms with Crippen molar-refractivity contribution in [2.75, 3.05) is 0 Å². The van der Waals surface area contributed by atoms with Gasteiger partial charge in [0.1, 0.15) is 35.6 Å². The van der Waals surface area contributed by atoms with E-state index in [1.54, 1.807) is 37.2 Å². The van der Waals surface area contributed by atoms with Crippen LogP contribution in [-0.2, 0) is 0 Å². The summed E-state index contributed by atoms with van der Waals surface area (Å²) in [5.41, 5.74) is 12.4. The van der Waals surface area contributed by atoms with Gasteiger partial charge in [-0.25, -0.2) is 9.97 Å². The van der Waals surface area contributed by atoms with Crippen LogP contribution < -0.4 is 0 Å². The molecule has 0 aromatic carbocycles. The van der Waals surface area contributed by atoms with Gasteiger partial charge in [0.25, 0.3) is 0 Å². The molecule has 3 rings (SSSR count). The van der Waals surface area contributed by atoms with E-state index in [-0.39, 0.29) is 0 Å². The first-order valence-corrected chi connectivity index (χ1v) is 25.4. The van der Waals surface area contributed by atoms with E-state index in [9.17, 15) is 0 Å². The van der Waals surface area contributed by atoms with Crippen LogP contribution in [-0.4, -0.2) is 44.2 Å². The molecule has 0 radical (unpaired) electrons. The lowest BCUT2D eigenvalue weighted by Crippen LogP contribution is -2.16. The predicted octanol–water partition coefficient (Wildman–Crippen LogP) is 9.41. The van der Waals surface area contributed by atoms with E-state index < -0.39 is 24.2 Å². The number of aromatic nitrogens is 4. The summed E-state index contributed by atoms with van der Waals surface area (Å²) >= 11 is 0. The van der Waals surface area contributed by atoms with Crippen molar-refractivity contribution in [3.05, 3.63) is 84.5 Å². The molecule has 3 heterocycles. The van der Waals surface area contributed by atoms with Crippen molar-refractivity contribution in [3.63, 3.8) is 0 Å². The number of nitrogens with zero attached hydrogens (tertiary/aromatic N) is 4. The lowest BCUT2D eigenvalue weighted by Gasteiger charge is -2.02. The molecule has 0 amide bonds. The highest BCUT2D eigenvalue weighted by Gasteiger charge is 2.08. The fourth-order valence-electron chi connectivity index (χ4n) is 2.00. The maximum Gasteiger partial charge on any atom is 0.130 e. The zero-order valence-corrected chi connectivity index (χ0v) is 32.1. The van der Waals surface area contributed by atoms with Gasteiger partial charge in [-0.1, -0.05) is 124 Å². The van der Waals surface area contributed by atoms with E-state index >= 15 is 0 Å². The fraction of sp³-hybridized carbons (Fsp3) is 0.429. The summed E-state index contributed by atoms with van der Waals surface area (Å²) in [5, 5.41) is 0. The Morgan fingerprint density at radius 2 is 0.929 bits per heavy atom. The standard InChI is InChI=1S/2C10H13NSi.C9H12N2Si.3C2H6/c1-12(2,3)8-6-10-5-4-7-11-9-10;1-12(2,3)9-7-10-6-4-5-8-11-10;1-12(2,3)7-4-9-8-10-5-6-11-9;3*1-2/h4-5,7,9H,1-3H3;4-6,8H,1-3H3;5-6,8H,1-3H3;3*1-2H3. The summed E-state index contributed by atoms with van der Waals surface area (Å²) in [6.07, 6.45) is 10.3. The molecule has 4 nitrogen and oxygen atoms in total. The third-order valence-corrected chi connectivity index (χ3v) is 6.23. The van der Waals surface area contributed by atoms with Crippen LogP contribution in [0.4, 0.5) is 0 Å². The molecule has 7 heteroatoms. The summed E-state index contributed by atoms with van der Waals surface area (Å²) in [6.45, 7) is 32.0. The minimum absolute atomic E-state index is 0.764. The predicted molar refractivity (Wildman–Crippen MR) is 195 cm³/mol. The zero-order valence-electron chi connectivity index (χ0n) is 29.1. The molecule has 0 N–H and O–H groups in total. The van der Waals surface area contributed by atoms with Crippen LogP contribution in [0.1, 0.15) is 58.5 Å². The molecule has 0 aliphatic carbocycles. The van der Waals surface area contributed by atoms with Crippen LogP contribution >= 0.6 is 0 Å². The molecule has 0 spiro atoms. The van der Waals surface area contributed by atoms with Gasteiger partial charge in [-0.05, 0) is 24.3 Å². The smallest absolute Gasteiger partial charge is 0.130 e. The van der Waals surface area contributed by atoms with Crippen molar-refractivity contribution in [2.45, 2.75) is 100 Å². The molecule has 228 valence electrons. The van der Waals surface area contributed by atoms with E-state index in [4.69, 9.17) is 0 Å². The van der Waals surface area contributed by atoms with Crippen LogP contribution in [0.3, 0.4) is 0 Å². The van der Waals surface area contributed by atoms with Gasteiger partial charge in [-0.3, -0.25) is 9.97 Å². The quantitative estimate of drug-likeness (QED) is 0.186. The Balaban J connectivity index is -0.000000497. The van der Waals surface area contributed by atoms with Crippen molar-refractivity contribution in [1.29, 1.82) is 0 Å². The molecule has 3 aromatic rings. The van der Waals surface area contributed by atoms with Gasteiger partial charge >= 0.3 is 0 Å². The van der Waals surface area contributed by atoms with Gasteiger partial charge in [0.2, 0.25) is 0 Å². The average Bonchev–Trinajstić information content (AvgIpc) is 2.98. The molecule has 3 aromatic heterocycles. The molecular formula is C35H56N4Si3. The molecule has 0 aliphatic rings. The summed E-state index contributed by atoms with van der Waals surface area (Å²) in [5.74, 6) is 9.24. The van der Waals surface area contributed by atoms with E-state index in [2.05, 4.69) is 113 Å². The van der Waals surface area contributed by atoms with Gasteiger partial charge in [0.05, 0.1) is 6.20 Å². The number of rotatable bonds is 0. The van der Waals surface area contributed by atoms with Gasteiger partial charge < -0.3 is 0 Å². The second-order valence-electron chi connectivity index (χ2n) is 11.0. The maximum absolute atomic E-state index is 4.13. The lowest BCUT2D eigenvalue weighted by molar-refractivity contribution is 1.17. The molecule has 0 saturated carbocycles. The molecule has 0 unspecified atom stereocenters. The SMILES string of the molecule is CC.CC.CC.C[Si](C)(C)C#Cc1ccccn1.C[Si](C)(C)C#Cc1cccnc1.C[Si](C)(C)C#Cc1cnccn1. The number of hydrogen-bond donors (Lipinski definition) is 0. The molecule has 42 heavy (non-hydrogen) atoms. The topological polar surface area (TPSA) is 51.6 Å². The normalized spacial score (nSPS) is 9.21. The van der Waals surface area contributed by atoms with Gasteiger partial charge in [-0.2, -0.15) is 0 Å². The van der Waals surface area contributed by atoms with Crippen LogP contribution in [0.25, 0.3) is 0 Å². The second-order valence-corrected chi connectivity index (χ2v) is 25.3. The van der Waals surface area contributed by atoms with Crippen molar-refractivity contribution in [1.82, 2.24) is 19.9 Å². The van der Waals surface area contributed by atoms with E-state index in [1.165, 1.54) is 0 Å². The molecule has 0 aliphatic heterocycles. The number of pyridine rings is 2. The molecule has 0 bridgehead atoms. The Morgan fingerprint density at radius 3 is 1.33 bits per heavy atom. The minimum Gasteiger partial charge on any atom is -0.263 e. The Kier molecular flexibility index (Phi) is 26.1. The van der Waals surface area contributed by atoms with Gasteiger partial charge in [0, 0.05) is 36.5 Å². The summed E-state index contributed by atoms with van der Waals surface area (Å²) in [7, 11) is -3.74. The second kappa shape index (κ2) is 25.4. The summed E-state index contributed by atoms with van der Waals surface area (Å²) in [4.78, 5) is 16.1. The maximum atomic E-state index is 4.13. The van der Waals surface area contributed by atoms with E-state index in [0.29, 0.717) is 0 Å². The largest absolute Gasteiger partial charge is 0.263 e. The summed E-state index contributed by atoms with van der Waals surface area (Å²) in [6, 6.07) is 9.70. The highest BCUT2D eigenvalue weighted by molar-refractivity contribution is 6.84. The Morgan fingerprint density at radius 1 is 0.452 bits per heavy atom. The average molecular weight is 617 g/mol. The fourth-order valence-corrected chi connectivity index (χ4v) is 3.53. The van der Waals surface area contributed by atoms with Gasteiger partial charge in [0.15, 0.2) is 0 Å². The van der Waals surface area contributed by atoms with Crippen LogP contribution in [0.15, 0.2) is 67.5 Å². The summed E-state index contributed by atoms with van der Waals surface area (Å²) < 4.78 is 0. The van der Waals surface area contributed by atoms with Crippen molar-refractivity contribution in [2.24, 2.45) is 0 Å². The highest BCUT2D eigenvalue weighted by Crippen LogP contribution is 2.00. The Bertz CT molecular complexity index is 1070. The molecular weight excluding hydrogens is 561 g/mol. The third-order valence-electron chi connectivity index (χ3n) is 3.60. The van der Waals surface area contributed by atoms with Gasteiger partial charge in [-0.15, -0.1) is 16.6 Å². The molecule has 0 saturated heterocycles. The van der Waals surface area contributed by atoms with Crippen molar-refractivity contribution < 1.29 is 0 Å². The zero-order chi connectivity index (χ0) is 33.1. The number of hydrogen-bond acceptors (Lipinski definition) is 4. The Hall–Kier alpha value is -3.29. The Labute approximate surface area is 262 Å². The van der Waals surface area contributed by atoms with Crippen molar-refractivity contribution in [3.8, 4) is 34.4 Å². The highest BCUT2D eigenvalue weighted by atomic mass is 28.3.